The van der Waals surface area contributed by atoms with Crippen LogP contribution in [-0.2, 0) is 6.61 Å². The molecule has 2 rings (SSSR count). The molecule has 0 radical (unpaired) electrons. The Hall–Kier alpha value is -2.89. The minimum atomic E-state index is -1.27. The molecule has 0 saturated heterocycles. The first-order valence-electron chi connectivity index (χ1n) is 6.02. The summed E-state index contributed by atoms with van der Waals surface area (Å²) >= 11 is 0. The smallest absolute Gasteiger partial charge is 0.339 e. The van der Waals surface area contributed by atoms with Gasteiger partial charge >= 0.3 is 5.97 Å². The van der Waals surface area contributed by atoms with Gasteiger partial charge in [0.05, 0.1) is 0 Å². The van der Waals surface area contributed by atoms with Crippen LogP contribution in [0.2, 0.25) is 0 Å². The van der Waals surface area contributed by atoms with Crippen molar-refractivity contribution in [3.8, 4) is 5.75 Å². The Balaban J connectivity index is 2.13. The van der Waals surface area contributed by atoms with E-state index in [2.05, 4.69) is 0 Å². The maximum atomic E-state index is 13.0. The second kappa shape index (κ2) is 6.04. The summed E-state index contributed by atoms with van der Waals surface area (Å²) in [6.07, 6.45) is 0. The lowest BCUT2D eigenvalue weighted by atomic mass is 10.1. The Morgan fingerprint density at radius 2 is 1.81 bits per heavy atom. The molecule has 0 atom stereocenters. The van der Waals surface area contributed by atoms with Crippen LogP contribution in [0.15, 0.2) is 42.5 Å². The van der Waals surface area contributed by atoms with Crippen LogP contribution in [0.3, 0.4) is 0 Å². The molecule has 0 heterocycles. The average Bonchev–Trinajstić information content (AvgIpc) is 2.46. The van der Waals surface area contributed by atoms with Gasteiger partial charge in [-0.1, -0.05) is 12.1 Å². The van der Waals surface area contributed by atoms with Crippen LogP contribution >= 0.6 is 0 Å². The Morgan fingerprint density at radius 3 is 2.38 bits per heavy atom. The van der Waals surface area contributed by atoms with Crippen molar-refractivity contribution in [1.29, 1.82) is 0 Å². The summed E-state index contributed by atoms with van der Waals surface area (Å²) in [6.45, 7) is 0.0882. The van der Waals surface area contributed by atoms with E-state index in [1.807, 2.05) is 0 Å². The first kappa shape index (κ1) is 14.5. The summed E-state index contributed by atoms with van der Waals surface area (Å²) in [6, 6.07) is 9.66. The number of ether oxygens (including phenoxy) is 1. The van der Waals surface area contributed by atoms with E-state index < -0.39 is 17.7 Å². The summed E-state index contributed by atoms with van der Waals surface area (Å²) in [5.74, 6) is -2.38. The van der Waals surface area contributed by atoms with Crippen LogP contribution in [0.4, 0.5) is 4.39 Å². The molecule has 0 spiro atoms. The molecular weight excluding hydrogens is 277 g/mol. The quantitative estimate of drug-likeness (QED) is 0.883. The van der Waals surface area contributed by atoms with Crippen molar-refractivity contribution >= 4 is 11.9 Å². The first-order chi connectivity index (χ1) is 9.97. The maximum Gasteiger partial charge on any atom is 0.339 e. The van der Waals surface area contributed by atoms with Gasteiger partial charge in [-0.15, -0.1) is 0 Å². The molecular formula is C15H12FNO4. The monoisotopic (exact) mass is 289 g/mol. The predicted molar refractivity (Wildman–Crippen MR) is 72.7 cm³/mol. The number of hydrogen-bond donors (Lipinski definition) is 2. The topological polar surface area (TPSA) is 89.6 Å². The second-order valence-electron chi connectivity index (χ2n) is 4.30. The highest BCUT2D eigenvalue weighted by Crippen LogP contribution is 2.21. The van der Waals surface area contributed by atoms with Crippen molar-refractivity contribution in [3.63, 3.8) is 0 Å². The molecule has 1 amide bonds. The van der Waals surface area contributed by atoms with E-state index in [1.165, 1.54) is 6.07 Å². The van der Waals surface area contributed by atoms with E-state index >= 15 is 0 Å². The number of rotatable bonds is 5. The van der Waals surface area contributed by atoms with Gasteiger partial charge in [0.1, 0.15) is 23.7 Å². The molecule has 5 nitrogen and oxygen atoms in total. The number of aromatic carboxylic acids is 1. The van der Waals surface area contributed by atoms with Gasteiger partial charge in [-0.25, -0.2) is 9.18 Å². The van der Waals surface area contributed by atoms with Crippen LogP contribution in [0.1, 0.15) is 26.3 Å². The molecule has 6 heteroatoms. The average molecular weight is 289 g/mol. The van der Waals surface area contributed by atoms with Gasteiger partial charge in [-0.2, -0.15) is 0 Å². The summed E-state index contributed by atoms with van der Waals surface area (Å²) in [5.41, 5.74) is 5.97. The molecule has 108 valence electrons. The number of carboxylic acid groups (broad SMARTS) is 1. The predicted octanol–water partition coefficient (Wildman–Crippen LogP) is 2.20. The molecule has 2 aromatic carbocycles. The first-order valence-corrected chi connectivity index (χ1v) is 6.02. The zero-order chi connectivity index (χ0) is 15.4. The summed E-state index contributed by atoms with van der Waals surface area (Å²) < 4.78 is 18.4. The minimum Gasteiger partial charge on any atom is -0.488 e. The van der Waals surface area contributed by atoms with E-state index in [0.717, 1.165) is 17.7 Å². The van der Waals surface area contributed by atoms with Crippen LogP contribution in [0.5, 0.6) is 5.75 Å². The highest BCUT2D eigenvalue weighted by atomic mass is 19.1. The Kier molecular flexibility index (Phi) is 4.18. The molecule has 2 aromatic rings. The van der Waals surface area contributed by atoms with Crippen molar-refractivity contribution in [2.45, 2.75) is 6.61 Å². The van der Waals surface area contributed by atoms with Gasteiger partial charge in [0, 0.05) is 5.56 Å². The molecule has 0 bridgehead atoms. The summed E-state index contributed by atoms with van der Waals surface area (Å²) in [4.78, 5) is 21.9. The molecule has 21 heavy (non-hydrogen) atoms. The van der Waals surface area contributed by atoms with Crippen molar-refractivity contribution in [1.82, 2.24) is 0 Å². The summed E-state index contributed by atoms with van der Waals surface area (Å²) in [7, 11) is 0. The van der Waals surface area contributed by atoms with E-state index in [0.29, 0.717) is 5.56 Å². The van der Waals surface area contributed by atoms with Crippen molar-refractivity contribution in [2.75, 3.05) is 0 Å². The van der Waals surface area contributed by atoms with E-state index in [-0.39, 0.29) is 17.9 Å². The number of carbonyl (C=O) groups is 2. The minimum absolute atomic E-state index is 0.0721. The third-order valence-electron chi connectivity index (χ3n) is 2.80. The van der Waals surface area contributed by atoms with Gasteiger partial charge in [-0.05, 0) is 35.9 Å². The van der Waals surface area contributed by atoms with Crippen LogP contribution in [-0.4, -0.2) is 17.0 Å². The van der Waals surface area contributed by atoms with Crippen LogP contribution in [0, 0.1) is 5.82 Å². The van der Waals surface area contributed by atoms with Gasteiger partial charge in [0.25, 0.3) is 0 Å². The van der Waals surface area contributed by atoms with E-state index in [1.54, 1.807) is 24.3 Å². The highest BCUT2D eigenvalue weighted by Gasteiger charge is 2.12. The van der Waals surface area contributed by atoms with Crippen molar-refractivity contribution < 1.29 is 23.8 Å². The van der Waals surface area contributed by atoms with Crippen molar-refractivity contribution in [3.05, 3.63) is 65.0 Å². The van der Waals surface area contributed by atoms with Crippen LogP contribution < -0.4 is 10.5 Å². The number of benzene rings is 2. The molecule has 0 aliphatic heterocycles. The third kappa shape index (κ3) is 3.56. The molecule has 0 fully saturated rings. The fourth-order valence-corrected chi connectivity index (χ4v) is 1.72. The van der Waals surface area contributed by atoms with Gasteiger partial charge in [0.15, 0.2) is 0 Å². The lowest BCUT2D eigenvalue weighted by Gasteiger charge is -2.09. The highest BCUT2D eigenvalue weighted by molar-refractivity contribution is 5.92. The second-order valence-corrected chi connectivity index (χ2v) is 4.30. The Morgan fingerprint density at radius 1 is 1.14 bits per heavy atom. The lowest BCUT2D eigenvalue weighted by molar-refractivity contribution is 0.0691. The zero-order valence-corrected chi connectivity index (χ0v) is 10.9. The maximum absolute atomic E-state index is 13.0. The molecule has 0 unspecified atom stereocenters. The largest absolute Gasteiger partial charge is 0.488 e. The fourth-order valence-electron chi connectivity index (χ4n) is 1.72. The van der Waals surface area contributed by atoms with Gasteiger partial charge in [-0.3, -0.25) is 4.79 Å². The van der Waals surface area contributed by atoms with E-state index in [9.17, 15) is 14.0 Å². The molecule has 0 saturated carbocycles. The number of nitrogens with two attached hydrogens (primary N) is 1. The van der Waals surface area contributed by atoms with Crippen LogP contribution in [0.25, 0.3) is 0 Å². The standard InChI is InChI=1S/C15H12FNO4/c16-11-5-6-13(12(7-11)15(19)20)21-8-9-1-3-10(4-2-9)14(17)18/h1-7H,8H2,(H2,17,18)(H,19,20). The normalized spacial score (nSPS) is 10.1. The molecule has 0 aliphatic carbocycles. The van der Waals surface area contributed by atoms with E-state index in [4.69, 9.17) is 15.6 Å². The van der Waals surface area contributed by atoms with Crippen molar-refractivity contribution in [2.24, 2.45) is 5.73 Å². The SMILES string of the molecule is NC(=O)c1ccc(COc2ccc(F)cc2C(=O)O)cc1. The third-order valence-corrected chi connectivity index (χ3v) is 2.80. The number of primary amides is 1. The molecule has 0 aliphatic rings. The Labute approximate surface area is 119 Å². The summed E-state index contributed by atoms with van der Waals surface area (Å²) in [5, 5.41) is 8.99. The number of amides is 1. The number of halogens is 1. The van der Waals surface area contributed by atoms with Gasteiger partial charge in [0.2, 0.25) is 5.91 Å². The zero-order valence-electron chi connectivity index (χ0n) is 10.9. The van der Waals surface area contributed by atoms with Gasteiger partial charge < -0.3 is 15.6 Å². The molecule has 0 aromatic heterocycles. The number of carbonyl (C=O) groups excluding carboxylic acids is 1. The number of carboxylic acids is 1. The Bertz CT molecular complexity index is 683. The fraction of sp³-hybridized carbons (Fsp3) is 0.0667. The number of hydrogen-bond acceptors (Lipinski definition) is 3. The lowest BCUT2D eigenvalue weighted by Crippen LogP contribution is -2.10. The molecule has 3 N–H and O–H groups in total.